The number of carbonyl (C=O) groups excluding carboxylic acids is 1. The van der Waals surface area contributed by atoms with Gasteiger partial charge in [0.2, 0.25) is 5.91 Å². The van der Waals surface area contributed by atoms with Gasteiger partial charge in [0, 0.05) is 17.9 Å². The molecule has 31 heavy (non-hydrogen) atoms. The first kappa shape index (κ1) is 20.0. The summed E-state index contributed by atoms with van der Waals surface area (Å²) in [5.41, 5.74) is 2.15. The van der Waals surface area contributed by atoms with Crippen molar-refractivity contribution >= 4 is 11.6 Å². The molecule has 1 aromatic rings. The van der Waals surface area contributed by atoms with Crippen LogP contribution in [-0.4, -0.2) is 23.2 Å². The van der Waals surface area contributed by atoms with E-state index in [9.17, 15) is 9.90 Å². The number of para-hydroxylation sites is 1. The van der Waals surface area contributed by atoms with E-state index in [1.807, 2.05) is 24.3 Å². The Bertz CT molecular complexity index is 982. The predicted octanol–water partition coefficient (Wildman–Crippen LogP) is 5.15. The van der Waals surface area contributed by atoms with E-state index in [4.69, 9.17) is 4.74 Å². The van der Waals surface area contributed by atoms with Gasteiger partial charge in [-0.1, -0.05) is 43.7 Å². The third-order valence-corrected chi connectivity index (χ3v) is 9.76. The van der Waals surface area contributed by atoms with E-state index in [0.717, 1.165) is 43.4 Å². The van der Waals surface area contributed by atoms with Crippen molar-refractivity contribution in [2.45, 2.75) is 84.2 Å². The Balaban J connectivity index is 1.36. The van der Waals surface area contributed by atoms with Crippen molar-refractivity contribution in [2.75, 3.05) is 4.90 Å². The average Bonchev–Trinajstić information content (AvgIpc) is 3.01. The van der Waals surface area contributed by atoms with Gasteiger partial charge in [-0.05, 0) is 74.7 Å². The van der Waals surface area contributed by atoms with E-state index < -0.39 is 5.72 Å². The number of amides is 1. The van der Waals surface area contributed by atoms with Crippen molar-refractivity contribution in [1.29, 1.82) is 0 Å². The molecule has 0 spiro atoms. The minimum atomic E-state index is -1.09. The molecule has 6 rings (SSSR count). The Morgan fingerprint density at radius 3 is 2.68 bits per heavy atom. The molecule has 1 amide bonds. The van der Waals surface area contributed by atoms with Gasteiger partial charge in [0.1, 0.15) is 0 Å². The number of anilines is 1. The molecule has 0 radical (unpaired) electrons. The average molecular weight is 422 g/mol. The molecule has 0 bridgehead atoms. The van der Waals surface area contributed by atoms with Crippen LogP contribution in [0.1, 0.15) is 71.8 Å². The molecule has 1 unspecified atom stereocenters. The molecule has 2 saturated heterocycles. The molecule has 3 heterocycles. The number of allylic oxidation sites excluding steroid dienone is 1. The van der Waals surface area contributed by atoms with Crippen LogP contribution in [0.2, 0.25) is 0 Å². The van der Waals surface area contributed by atoms with Gasteiger partial charge in [0.15, 0.2) is 5.72 Å². The Labute approximate surface area is 185 Å². The third-order valence-electron chi connectivity index (χ3n) is 9.76. The molecule has 4 heteroatoms. The van der Waals surface area contributed by atoms with E-state index in [-0.39, 0.29) is 34.7 Å². The second-order valence-electron chi connectivity index (χ2n) is 11.7. The predicted molar refractivity (Wildman–Crippen MR) is 120 cm³/mol. The van der Waals surface area contributed by atoms with Gasteiger partial charge in [-0.3, -0.25) is 9.69 Å². The highest BCUT2D eigenvalue weighted by atomic mass is 16.5. The number of rotatable bonds is 1. The van der Waals surface area contributed by atoms with E-state index >= 15 is 0 Å². The van der Waals surface area contributed by atoms with Crippen molar-refractivity contribution in [3.63, 3.8) is 0 Å². The third kappa shape index (κ3) is 2.41. The van der Waals surface area contributed by atoms with Gasteiger partial charge in [-0.15, -0.1) is 0 Å². The Hall–Kier alpha value is -1.65. The summed E-state index contributed by atoms with van der Waals surface area (Å²) in [5, 5.41) is 11.5. The van der Waals surface area contributed by atoms with Crippen LogP contribution in [0.15, 0.2) is 35.9 Å². The number of hydrogen-bond acceptors (Lipinski definition) is 3. The smallest absolute Gasteiger partial charge is 0.233 e. The molecule has 166 valence electrons. The lowest BCUT2D eigenvalue weighted by Crippen LogP contribution is -2.69. The fourth-order valence-electron chi connectivity index (χ4n) is 8.69. The fourth-order valence-corrected chi connectivity index (χ4v) is 8.69. The Kier molecular flexibility index (Phi) is 4.02. The summed E-state index contributed by atoms with van der Waals surface area (Å²) in [4.78, 5) is 15.7. The number of fused-ring (bicyclic) bond motifs is 9. The molecular weight excluding hydrogens is 386 g/mol. The first-order chi connectivity index (χ1) is 14.7. The van der Waals surface area contributed by atoms with E-state index in [1.165, 1.54) is 5.57 Å². The molecule has 1 N–H and O–H groups in total. The first-order valence-electron chi connectivity index (χ1n) is 12.1. The molecule has 2 saturated carbocycles. The molecule has 3 aliphatic heterocycles. The van der Waals surface area contributed by atoms with Crippen molar-refractivity contribution in [2.24, 2.45) is 28.6 Å². The van der Waals surface area contributed by atoms with Gasteiger partial charge in [-0.2, -0.15) is 0 Å². The van der Waals surface area contributed by atoms with Gasteiger partial charge in [-0.25, -0.2) is 0 Å². The largest absolute Gasteiger partial charge is 0.370 e. The monoisotopic (exact) mass is 421 g/mol. The maximum absolute atomic E-state index is 14.0. The van der Waals surface area contributed by atoms with Crippen LogP contribution in [0.3, 0.4) is 0 Å². The molecule has 0 aromatic heterocycles. The zero-order chi connectivity index (χ0) is 21.8. The number of piperidine rings is 1. The fraction of sp³-hybridized carbons (Fsp3) is 0.667. The summed E-state index contributed by atoms with van der Waals surface area (Å²) in [7, 11) is 0. The maximum atomic E-state index is 14.0. The second kappa shape index (κ2) is 6.23. The van der Waals surface area contributed by atoms with E-state index in [2.05, 4.69) is 33.8 Å². The number of nitrogens with zero attached hydrogens (tertiary/aromatic N) is 1. The van der Waals surface area contributed by atoms with Crippen LogP contribution in [-0.2, 0) is 15.3 Å². The molecule has 2 aliphatic carbocycles. The van der Waals surface area contributed by atoms with Crippen LogP contribution >= 0.6 is 0 Å². The number of aliphatic hydroxyl groups is 1. The first-order valence-corrected chi connectivity index (χ1v) is 12.1. The zero-order valence-electron chi connectivity index (χ0n) is 19.2. The summed E-state index contributed by atoms with van der Waals surface area (Å²) in [6.45, 7) is 9.12. The Morgan fingerprint density at radius 1 is 1.13 bits per heavy atom. The van der Waals surface area contributed by atoms with Gasteiger partial charge < -0.3 is 9.84 Å². The molecule has 4 nitrogen and oxygen atoms in total. The molecule has 4 fully saturated rings. The molecule has 8 atom stereocenters. The molecule has 1 aromatic carbocycles. The van der Waals surface area contributed by atoms with Gasteiger partial charge >= 0.3 is 0 Å². The number of benzene rings is 1. The normalized spacial score (nSPS) is 47.3. The van der Waals surface area contributed by atoms with Crippen molar-refractivity contribution < 1.29 is 14.6 Å². The topological polar surface area (TPSA) is 49.8 Å². The number of carbonyl (C=O) groups is 1. The van der Waals surface area contributed by atoms with E-state index in [0.29, 0.717) is 18.4 Å². The zero-order valence-corrected chi connectivity index (χ0v) is 19.2. The van der Waals surface area contributed by atoms with Crippen LogP contribution < -0.4 is 4.90 Å². The summed E-state index contributed by atoms with van der Waals surface area (Å²) < 4.78 is 6.54. The highest BCUT2D eigenvalue weighted by Gasteiger charge is 2.68. The SMILES string of the molecule is CC(C)=C[C@H]1C[C@@]2(C)[C@@H]3CC[C@H]4CC5(O)c6ccccc6N5C(=O)[C@@H]4[C@@]3(C)CC[C@@H]2O1. The molecular formula is C27H35NO3. The van der Waals surface area contributed by atoms with Gasteiger partial charge in [0.25, 0.3) is 0 Å². The van der Waals surface area contributed by atoms with Crippen LogP contribution in [0.25, 0.3) is 0 Å². The van der Waals surface area contributed by atoms with Crippen LogP contribution in [0.4, 0.5) is 5.69 Å². The highest BCUT2D eigenvalue weighted by molar-refractivity contribution is 6.02. The summed E-state index contributed by atoms with van der Waals surface area (Å²) in [6, 6.07) is 7.90. The van der Waals surface area contributed by atoms with Crippen LogP contribution in [0.5, 0.6) is 0 Å². The lowest BCUT2D eigenvalue weighted by molar-refractivity contribution is -0.180. The number of hydrogen-bond donors (Lipinski definition) is 1. The van der Waals surface area contributed by atoms with Crippen molar-refractivity contribution in [3.05, 3.63) is 41.5 Å². The second-order valence-corrected chi connectivity index (χ2v) is 11.7. The van der Waals surface area contributed by atoms with Crippen LogP contribution in [0, 0.1) is 28.6 Å². The minimum Gasteiger partial charge on any atom is -0.370 e. The van der Waals surface area contributed by atoms with Gasteiger partial charge in [0.05, 0.1) is 17.9 Å². The lowest BCUT2D eigenvalue weighted by Gasteiger charge is -2.65. The van der Waals surface area contributed by atoms with Crippen molar-refractivity contribution in [1.82, 2.24) is 0 Å². The quantitative estimate of drug-likeness (QED) is 0.638. The molecule has 5 aliphatic rings. The Morgan fingerprint density at radius 2 is 1.90 bits per heavy atom. The van der Waals surface area contributed by atoms with E-state index in [1.54, 1.807) is 4.90 Å². The summed E-state index contributed by atoms with van der Waals surface area (Å²) >= 11 is 0. The summed E-state index contributed by atoms with van der Waals surface area (Å²) in [5.74, 6) is 0.910. The maximum Gasteiger partial charge on any atom is 0.233 e. The lowest BCUT2D eigenvalue weighted by atomic mass is 9.43. The number of ether oxygens (including phenoxy) is 1. The van der Waals surface area contributed by atoms with Crippen molar-refractivity contribution in [3.8, 4) is 0 Å². The standard InChI is InChI=1S/C27H35NO3/c1-16(2)13-18-15-26(4)21-10-9-17-14-27(30)19-7-5-6-8-20(19)28(27)24(29)23(17)25(21,3)12-11-22(26)31-18/h5-8,13,17-18,21-23,30H,9-12,14-15H2,1-4H3/t17-,18-,21+,22-,23+,25-,26-,27?/m0/s1. The minimum absolute atomic E-state index is 0.000148. The summed E-state index contributed by atoms with van der Waals surface area (Å²) in [6.07, 6.45) is 8.78. The highest BCUT2D eigenvalue weighted by Crippen LogP contribution is 2.68.